The number of allylic oxidation sites excluding steroid dienone is 1. The Hall–Kier alpha value is -4.56. The number of fused-ring (bicyclic) bond motifs is 1. The van der Waals surface area contributed by atoms with Crippen molar-refractivity contribution >= 4 is 34.1 Å². The van der Waals surface area contributed by atoms with Gasteiger partial charge in [0.15, 0.2) is 0 Å². The molecule has 1 N–H and O–H groups in total. The van der Waals surface area contributed by atoms with Crippen molar-refractivity contribution in [3.63, 3.8) is 0 Å². The van der Waals surface area contributed by atoms with E-state index in [1.807, 2.05) is 48.5 Å². The molecule has 0 spiro atoms. The molecule has 1 heterocycles. The second-order valence-corrected chi connectivity index (χ2v) is 8.21. The molecule has 5 heteroatoms. The number of nitrogens with zero attached hydrogens (tertiary/aromatic N) is 1. The second kappa shape index (κ2) is 11.2. The maximum absolute atomic E-state index is 11.7. The van der Waals surface area contributed by atoms with Crippen molar-refractivity contribution in [2.75, 3.05) is 13.7 Å². The summed E-state index contributed by atoms with van der Waals surface area (Å²) < 4.78 is 10.3. The monoisotopic (exact) mass is 476 g/mol. The number of H-pyrrole nitrogens is 1. The van der Waals surface area contributed by atoms with Crippen LogP contribution in [-0.4, -0.2) is 24.7 Å². The third kappa shape index (κ3) is 5.24. The van der Waals surface area contributed by atoms with Crippen LogP contribution < -0.4 is 4.74 Å². The smallest absolute Gasteiger partial charge is 0.330 e. The zero-order chi connectivity index (χ0) is 25.5. The van der Waals surface area contributed by atoms with Crippen molar-refractivity contribution in [1.29, 1.82) is 5.26 Å². The average Bonchev–Trinajstić information content (AvgIpc) is 3.34. The minimum Gasteiger partial charge on any atom is -0.497 e. The summed E-state index contributed by atoms with van der Waals surface area (Å²) >= 11 is 0. The number of hydrogen-bond acceptors (Lipinski definition) is 4. The predicted molar refractivity (Wildman–Crippen MR) is 144 cm³/mol. The standard InChI is InChI=1S/C31H28N2O3/c1-4-26(27-16-15-25(35-3)18-24(27)20-32)31(29-19-23-8-6-7-9-28(23)33-29)22-13-10-21(11-14-22)12-17-30(34)36-5-2/h6-19,33H,4-5H2,1-3H3/b17-12+,31-26+. The fourth-order valence-corrected chi connectivity index (χ4v) is 4.32. The van der Waals surface area contributed by atoms with Gasteiger partial charge in [0.1, 0.15) is 5.75 Å². The highest BCUT2D eigenvalue weighted by atomic mass is 16.5. The van der Waals surface area contributed by atoms with Gasteiger partial charge in [-0.3, -0.25) is 0 Å². The number of methoxy groups -OCH3 is 1. The van der Waals surface area contributed by atoms with Crippen LogP contribution in [0.5, 0.6) is 5.75 Å². The van der Waals surface area contributed by atoms with E-state index in [1.54, 1.807) is 26.2 Å². The lowest BCUT2D eigenvalue weighted by Gasteiger charge is -2.17. The van der Waals surface area contributed by atoms with E-state index < -0.39 is 0 Å². The SMILES string of the molecule is CCOC(=O)/C=C/c1ccc(/C(=C(/CC)c2ccc(OC)cc2C#N)c2cc3ccccc3[nH]2)cc1. The van der Waals surface area contributed by atoms with Crippen molar-refractivity contribution in [3.05, 3.63) is 107 Å². The van der Waals surface area contributed by atoms with Crippen molar-refractivity contribution in [1.82, 2.24) is 4.98 Å². The van der Waals surface area contributed by atoms with E-state index in [9.17, 15) is 10.1 Å². The third-order valence-corrected chi connectivity index (χ3v) is 6.02. The number of benzene rings is 3. The number of carbonyl (C=O) groups excluding carboxylic acids is 1. The largest absolute Gasteiger partial charge is 0.497 e. The Morgan fingerprint density at radius 3 is 2.47 bits per heavy atom. The van der Waals surface area contributed by atoms with Crippen LogP contribution in [0, 0.1) is 11.3 Å². The van der Waals surface area contributed by atoms with Gasteiger partial charge >= 0.3 is 5.97 Å². The Bertz CT molecular complexity index is 1450. The van der Waals surface area contributed by atoms with E-state index in [4.69, 9.17) is 9.47 Å². The number of esters is 1. The maximum Gasteiger partial charge on any atom is 0.330 e. The molecule has 36 heavy (non-hydrogen) atoms. The molecule has 1 aromatic heterocycles. The summed E-state index contributed by atoms with van der Waals surface area (Å²) in [4.78, 5) is 15.3. The summed E-state index contributed by atoms with van der Waals surface area (Å²) in [5.74, 6) is 0.285. The second-order valence-electron chi connectivity index (χ2n) is 8.21. The average molecular weight is 477 g/mol. The number of aromatic amines is 1. The Labute approximate surface area is 211 Å². The van der Waals surface area contributed by atoms with Gasteiger partial charge in [0.2, 0.25) is 0 Å². The van der Waals surface area contributed by atoms with Crippen molar-refractivity contribution in [2.45, 2.75) is 20.3 Å². The fourth-order valence-electron chi connectivity index (χ4n) is 4.32. The highest BCUT2D eigenvalue weighted by Gasteiger charge is 2.18. The molecular formula is C31H28N2O3. The van der Waals surface area contributed by atoms with Gasteiger partial charge in [-0.1, -0.05) is 49.4 Å². The van der Waals surface area contributed by atoms with Gasteiger partial charge in [0.05, 0.1) is 25.3 Å². The molecule has 0 radical (unpaired) electrons. The predicted octanol–water partition coefficient (Wildman–Crippen LogP) is 6.99. The number of para-hydroxylation sites is 1. The summed E-state index contributed by atoms with van der Waals surface area (Å²) in [6.45, 7) is 4.22. The van der Waals surface area contributed by atoms with Crippen molar-refractivity contribution in [2.24, 2.45) is 0 Å². The Morgan fingerprint density at radius 1 is 1.03 bits per heavy atom. The molecule has 4 aromatic rings. The lowest BCUT2D eigenvalue weighted by molar-refractivity contribution is -0.137. The van der Waals surface area contributed by atoms with Crippen LogP contribution in [0.4, 0.5) is 0 Å². The normalized spacial score (nSPS) is 11.8. The molecule has 4 rings (SSSR count). The molecule has 0 saturated carbocycles. The van der Waals surface area contributed by atoms with Gasteiger partial charge in [0.25, 0.3) is 0 Å². The molecule has 0 saturated heterocycles. The number of nitrogens with one attached hydrogen (secondary N) is 1. The van der Waals surface area contributed by atoms with Crippen LogP contribution in [0.1, 0.15) is 48.2 Å². The summed E-state index contributed by atoms with van der Waals surface area (Å²) in [5.41, 5.74) is 7.43. The summed E-state index contributed by atoms with van der Waals surface area (Å²) in [6, 6.07) is 26.3. The molecule has 180 valence electrons. The summed E-state index contributed by atoms with van der Waals surface area (Å²) in [6.07, 6.45) is 3.89. The minimum absolute atomic E-state index is 0.344. The number of aromatic nitrogens is 1. The van der Waals surface area contributed by atoms with Gasteiger partial charge < -0.3 is 14.5 Å². The number of nitriles is 1. The molecule has 0 amide bonds. The van der Waals surface area contributed by atoms with Crippen LogP contribution >= 0.6 is 0 Å². The molecule has 5 nitrogen and oxygen atoms in total. The van der Waals surface area contributed by atoms with Crippen LogP contribution in [-0.2, 0) is 9.53 Å². The first-order chi connectivity index (χ1) is 17.6. The van der Waals surface area contributed by atoms with Gasteiger partial charge in [0, 0.05) is 28.2 Å². The minimum atomic E-state index is -0.364. The first-order valence-corrected chi connectivity index (χ1v) is 11.9. The summed E-state index contributed by atoms with van der Waals surface area (Å²) in [5, 5.41) is 11.0. The van der Waals surface area contributed by atoms with E-state index in [-0.39, 0.29) is 5.97 Å². The molecule has 0 fully saturated rings. The first-order valence-electron chi connectivity index (χ1n) is 11.9. The molecule has 0 unspecified atom stereocenters. The fraction of sp³-hybridized carbons (Fsp3) is 0.161. The Morgan fingerprint density at radius 2 is 1.81 bits per heavy atom. The van der Waals surface area contributed by atoms with E-state index in [1.165, 1.54) is 6.08 Å². The van der Waals surface area contributed by atoms with E-state index >= 15 is 0 Å². The van der Waals surface area contributed by atoms with Crippen molar-refractivity contribution < 1.29 is 14.3 Å². The first kappa shape index (κ1) is 24.6. The zero-order valence-corrected chi connectivity index (χ0v) is 20.7. The van der Waals surface area contributed by atoms with Crippen molar-refractivity contribution in [3.8, 4) is 11.8 Å². The lowest BCUT2D eigenvalue weighted by Crippen LogP contribution is -1.99. The number of rotatable bonds is 8. The highest BCUT2D eigenvalue weighted by molar-refractivity contribution is 6.01. The molecule has 0 atom stereocenters. The molecule has 0 aliphatic carbocycles. The molecule has 0 aliphatic rings. The third-order valence-electron chi connectivity index (χ3n) is 6.02. The van der Waals surface area contributed by atoms with Gasteiger partial charge in [-0.2, -0.15) is 5.26 Å². The van der Waals surface area contributed by atoms with Crippen LogP contribution in [0.3, 0.4) is 0 Å². The van der Waals surface area contributed by atoms with Gasteiger partial charge in [-0.15, -0.1) is 0 Å². The lowest BCUT2D eigenvalue weighted by atomic mass is 9.88. The van der Waals surface area contributed by atoms with Crippen LogP contribution in [0.2, 0.25) is 0 Å². The van der Waals surface area contributed by atoms with E-state index in [2.05, 4.69) is 36.2 Å². The number of ether oxygens (including phenoxy) is 2. The Kier molecular flexibility index (Phi) is 7.67. The number of carbonyl (C=O) groups is 1. The van der Waals surface area contributed by atoms with E-state index in [0.717, 1.165) is 50.9 Å². The molecule has 0 aliphatic heterocycles. The zero-order valence-electron chi connectivity index (χ0n) is 20.7. The number of hydrogen-bond donors (Lipinski definition) is 1. The molecule has 0 bridgehead atoms. The highest BCUT2D eigenvalue weighted by Crippen LogP contribution is 2.37. The van der Waals surface area contributed by atoms with Crippen LogP contribution in [0.25, 0.3) is 28.1 Å². The van der Waals surface area contributed by atoms with E-state index in [0.29, 0.717) is 17.9 Å². The molecule has 3 aromatic carbocycles. The quantitative estimate of drug-likeness (QED) is 0.169. The molecular weight excluding hydrogens is 448 g/mol. The van der Waals surface area contributed by atoms with Crippen LogP contribution in [0.15, 0.2) is 78.9 Å². The summed E-state index contributed by atoms with van der Waals surface area (Å²) in [7, 11) is 1.60. The maximum atomic E-state index is 11.7. The van der Waals surface area contributed by atoms with Gasteiger partial charge in [-0.05, 0) is 72.0 Å². The van der Waals surface area contributed by atoms with Gasteiger partial charge in [-0.25, -0.2) is 4.79 Å². The topological polar surface area (TPSA) is 75.1 Å². The Balaban J connectivity index is 1.89.